The van der Waals surface area contributed by atoms with Crippen LogP contribution in [0, 0.1) is 27.7 Å². The van der Waals surface area contributed by atoms with Gasteiger partial charge in [0.25, 0.3) is 0 Å². The van der Waals surface area contributed by atoms with Crippen LogP contribution in [0.3, 0.4) is 0 Å². The summed E-state index contributed by atoms with van der Waals surface area (Å²) in [6, 6.07) is 46.4. The van der Waals surface area contributed by atoms with Gasteiger partial charge < -0.3 is 19.0 Å². The molecule has 8 heteroatoms. The molecule has 0 saturated heterocycles. The highest BCUT2D eigenvalue weighted by Gasteiger charge is 2.22. The molecule has 0 aliphatic heterocycles. The summed E-state index contributed by atoms with van der Waals surface area (Å²) in [5.41, 5.74) is 9.09. The monoisotopic (exact) mass is 840 g/mol. The van der Waals surface area contributed by atoms with Crippen LogP contribution in [-0.2, 0) is 0 Å². The highest BCUT2D eigenvalue weighted by atomic mass is 16.3. The third-order valence-electron chi connectivity index (χ3n) is 11.3. The Morgan fingerprint density at radius 2 is 0.766 bits per heavy atom. The van der Waals surface area contributed by atoms with Crippen molar-refractivity contribution in [2.75, 3.05) is 0 Å². The number of carbonyl (C=O) groups excluding carboxylic acids is 2. The molecule has 2 heterocycles. The second-order valence-corrected chi connectivity index (χ2v) is 16.1. The van der Waals surface area contributed by atoms with Crippen LogP contribution in [0.5, 0.6) is 11.5 Å². The molecule has 0 fully saturated rings. The Hall–Kier alpha value is -8.36. The molecule has 0 radical (unpaired) electrons. The van der Waals surface area contributed by atoms with Crippen LogP contribution in [0.25, 0.3) is 66.1 Å². The van der Waals surface area contributed by atoms with Crippen molar-refractivity contribution in [2.45, 2.75) is 27.7 Å². The van der Waals surface area contributed by atoms with Gasteiger partial charge in [-0.25, -0.2) is 0 Å². The topological polar surface area (TPSA) is 135 Å². The first kappa shape index (κ1) is 41.0. The van der Waals surface area contributed by atoms with E-state index < -0.39 is 0 Å². The largest absolute Gasteiger partial charge is 0.507 e. The number of fused-ring (bicyclic) bond motifs is 4. The normalized spacial score (nSPS) is 11.2. The third kappa shape index (κ3) is 7.62. The van der Waals surface area contributed by atoms with Crippen LogP contribution < -0.4 is 10.9 Å². The zero-order chi connectivity index (χ0) is 44.8. The van der Waals surface area contributed by atoms with Crippen molar-refractivity contribution in [1.82, 2.24) is 0 Å². The van der Waals surface area contributed by atoms with Crippen LogP contribution in [0.1, 0.15) is 54.1 Å². The summed E-state index contributed by atoms with van der Waals surface area (Å²) in [5, 5.41) is 22.2. The number of benzene rings is 8. The van der Waals surface area contributed by atoms with Crippen LogP contribution in [-0.4, -0.2) is 21.8 Å². The fourth-order valence-electron chi connectivity index (χ4n) is 8.05. The summed E-state index contributed by atoms with van der Waals surface area (Å²) >= 11 is 0. The number of aryl methyl sites for hydroxylation is 4. The van der Waals surface area contributed by atoms with E-state index in [1.807, 2.05) is 100 Å². The molecular formula is C56H40O8. The molecule has 0 unspecified atom stereocenters. The van der Waals surface area contributed by atoms with Gasteiger partial charge in [0.05, 0.1) is 32.7 Å². The Morgan fingerprint density at radius 3 is 1.16 bits per heavy atom. The molecule has 8 aromatic carbocycles. The van der Waals surface area contributed by atoms with Gasteiger partial charge in [0.2, 0.25) is 10.9 Å². The second-order valence-electron chi connectivity index (χ2n) is 16.1. The predicted molar refractivity (Wildman–Crippen MR) is 253 cm³/mol. The van der Waals surface area contributed by atoms with Crippen LogP contribution in [0.4, 0.5) is 0 Å². The molecule has 312 valence electrons. The fourth-order valence-corrected chi connectivity index (χ4v) is 8.05. The van der Waals surface area contributed by atoms with Gasteiger partial charge in [0.15, 0.2) is 11.6 Å². The summed E-state index contributed by atoms with van der Waals surface area (Å²) in [6.07, 6.45) is 0. The molecule has 2 N–H and O–H groups in total. The van der Waals surface area contributed by atoms with Gasteiger partial charge >= 0.3 is 0 Å². The molecular weight excluding hydrogens is 801 g/mol. The fraction of sp³-hybridized carbons (Fsp3) is 0.0714. The van der Waals surface area contributed by atoms with E-state index in [0.717, 1.165) is 33.4 Å². The van der Waals surface area contributed by atoms with Crippen molar-refractivity contribution in [3.8, 4) is 33.8 Å². The lowest BCUT2D eigenvalue weighted by Crippen LogP contribution is -2.07. The average molecular weight is 841 g/mol. The van der Waals surface area contributed by atoms with Crippen molar-refractivity contribution in [3.05, 3.63) is 223 Å². The number of phenolic OH excluding ortho intramolecular Hbond substituents is 2. The lowest BCUT2D eigenvalue weighted by atomic mass is 9.94. The Kier molecular flexibility index (Phi) is 10.6. The zero-order valence-electron chi connectivity index (χ0n) is 35.4. The van der Waals surface area contributed by atoms with Gasteiger partial charge in [-0.1, -0.05) is 107 Å². The van der Waals surface area contributed by atoms with Gasteiger partial charge in [-0.15, -0.1) is 0 Å². The van der Waals surface area contributed by atoms with Crippen LogP contribution in [0.2, 0.25) is 0 Å². The molecule has 0 atom stereocenters. The van der Waals surface area contributed by atoms with Crippen molar-refractivity contribution in [2.24, 2.45) is 0 Å². The maximum Gasteiger partial charge on any atom is 0.200 e. The van der Waals surface area contributed by atoms with Gasteiger partial charge in [-0.05, 0) is 112 Å². The van der Waals surface area contributed by atoms with E-state index in [4.69, 9.17) is 8.83 Å². The van der Waals surface area contributed by atoms with Crippen molar-refractivity contribution in [3.63, 3.8) is 0 Å². The first-order chi connectivity index (χ1) is 30.8. The van der Waals surface area contributed by atoms with Gasteiger partial charge in [-0.3, -0.25) is 19.2 Å². The van der Waals surface area contributed by atoms with E-state index in [0.29, 0.717) is 66.1 Å². The molecule has 2 aromatic heterocycles. The molecule has 0 aliphatic carbocycles. The maximum absolute atomic E-state index is 13.4. The van der Waals surface area contributed by atoms with E-state index in [2.05, 4.69) is 0 Å². The van der Waals surface area contributed by atoms with Crippen molar-refractivity contribution < 1.29 is 28.6 Å². The van der Waals surface area contributed by atoms with E-state index in [1.165, 1.54) is 12.1 Å². The van der Waals surface area contributed by atoms with Crippen LogP contribution in [0.15, 0.2) is 176 Å². The zero-order valence-corrected chi connectivity index (χ0v) is 35.4. The molecule has 0 amide bonds. The third-order valence-corrected chi connectivity index (χ3v) is 11.3. The van der Waals surface area contributed by atoms with E-state index >= 15 is 0 Å². The molecule has 0 saturated carbocycles. The number of carbonyl (C=O) groups is 2. The molecule has 10 rings (SSSR count). The second kappa shape index (κ2) is 16.5. The molecule has 8 nitrogen and oxygen atoms in total. The first-order valence-electron chi connectivity index (χ1n) is 20.7. The van der Waals surface area contributed by atoms with E-state index in [1.54, 1.807) is 72.8 Å². The molecule has 10 aromatic rings. The average Bonchev–Trinajstić information content (AvgIpc) is 3.31. The number of aromatic hydroxyl groups is 2. The Bertz CT molecular complexity index is 3400. The highest BCUT2D eigenvalue weighted by Crippen LogP contribution is 2.35. The van der Waals surface area contributed by atoms with Gasteiger partial charge in [-0.2, -0.15) is 0 Å². The van der Waals surface area contributed by atoms with Crippen molar-refractivity contribution >= 4 is 55.4 Å². The summed E-state index contributed by atoms with van der Waals surface area (Å²) < 4.78 is 12.4. The quantitative estimate of drug-likeness (QED) is 0.125. The number of hydrogen-bond acceptors (Lipinski definition) is 8. The minimum atomic E-state index is -0.353. The molecule has 0 bridgehead atoms. The first-order valence-corrected chi connectivity index (χ1v) is 20.7. The molecule has 0 aliphatic rings. The number of hydrogen-bond donors (Lipinski definition) is 2. The summed E-state index contributed by atoms with van der Waals surface area (Å²) in [6.45, 7) is 7.54. The Morgan fingerprint density at radius 1 is 0.406 bits per heavy atom. The Labute approximate surface area is 366 Å². The van der Waals surface area contributed by atoms with Gasteiger partial charge in [0, 0.05) is 22.3 Å². The standard InChI is InChI=1S/2C28H20O4/c2*1-16-8-10-24(29)21(12-16)26(30)19-14-20(18-6-4-3-5-7-18)28-23(15-19)27(31)22-13-17(2)9-11-25(22)32-28/h2*3-15,29H,1-2H3. The SMILES string of the molecule is Cc1ccc(O)c(C(=O)c2cc(-c3ccccc3)c3oc4ccc(C)cc4c(=O)c3c2)c1.Cc1ccc(O)c(C(=O)c2cc(-c3ccccc3)c3oc4ccc(C)cc4c(=O)c3c2)c1. The Balaban J connectivity index is 0.000000162. The highest BCUT2D eigenvalue weighted by molar-refractivity contribution is 6.15. The lowest BCUT2D eigenvalue weighted by molar-refractivity contribution is 0.102. The van der Waals surface area contributed by atoms with E-state index in [-0.39, 0.29) is 45.0 Å². The minimum absolute atomic E-state index is 0.0943. The molecule has 0 spiro atoms. The van der Waals surface area contributed by atoms with Crippen LogP contribution >= 0.6 is 0 Å². The smallest absolute Gasteiger partial charge is 0.200 e. The summed E-state index contributed by atoms with van der Waals surface area (Å²) in [7, 11) is 0. The molecule has 64 heavy (non-hydrogen) atoms. The maximum atomic E-state index is 13.4. The lowest BCUT2D eigenvalue weighted by Gasteiger charge is -2.12. The summed E-state index contributed by atoms with van der Waals surface area (Å²) in [4.78, 5) is 53.6. The van der Waals surface area contributed by atoms with E-state index in [9.17, 15) is 29.4 Å². The van der Waals surface area contributed by atoms with Gasteiger partial charge in [0.1, 0.15) is 33.8 Å². The minimum Gasteiger partial charge on any atom is -0.507 e. The summed E-state index contributed by atoms with van der Waals surface area (Å²) in [5.74, 6) is -0.894. The number of ketones is 2. The predicted octanol–water partition coefficient (Wildman–Crippen LogP) is 12.3. The van der Waals surface area contributed by atoms with Crippen molar-refractivity contribution in [1.29, 1.82) is 0 Å². The number of phenols is 2. The number of rotatable bonds is 6.